The molecule has 0 aromatic heterocycles. The van der Waals surface area contributed by atoms with Gasteiger partial charge in [0.1, 0.15) is 0 Å². The van der Waals surface area contributed by atoms with E-state index >= 15 is 0 Å². The molecule has 1 atom stereocenters. The van der Waals surface area contributed by atoms with E-state index in [0.717, 1.165) is 38.2 Å². The van der Waals surface area contributed by atoms with Crippen LogP contribution in [0.15, 0.2) is 35.4 Å². The molecule has 2 amide bonds. The SMILES string of the molecule is O=C(N1CCNCC1)N1N=CC[C@H]1c1ccccc1. The minimum atomic E-state index is 0.0177. The molecule has 3 rings (SSSR count). The molecule has 19 heavy (non-hydrogen) atoms. The van der Waals surface area contributed by atoms with E-state index in [1.165, 1.54) is 0 Å². The van der Waals surface area contributed by atoms with Crippen molar-refractivity contribution in [1.82, 2.24) is 15.2 Å². The topological polar surface area (TPSA) is 47.9 Å². The van der Waals surface area contributed by atoms with Gasteiger partial charge in [-0.15, -0.1) is 0 Å². The summed E-state index contributed by atoms with van der Waals surface area (Å²) in [6, 6.07) is 10.2. The maximum atomic E-state index is 12.5. The Kier molecular flexibility index (Phi) is 3.46. The van der Waals surface area contributed by atoms with Gasteiger partial charge in [-0.25, -0.2) is 9.80 Å². The summed E-state index contributed by atoms with van der Waals surface area (Å²) in [7, 11) is 0. The molecule has 1 aromatic rings. The third-order valence-electron chi connectivity index (χ3n) is 3.60. The number of nitrogens with zero attached hydrogens (tertiary/aromatic N) is 3. The Bertz CT molecular complexity index is 468. The molecule has 0 saturated carbocycles. The predicted molar refractivity (Wildman–Crippen MR) is 74.0 cm³/mol. The van der Waals surface area contributed by atoms with Crippen molar-refractivity contribution >= 4 is 12.2 Å². The van der Waals surface area contributed by atoms with Crippen LogP contribution in [0.1, 0.15) is 18.0 Å². The number of hydrazone groups is 1. The second-order valence-corrected chi connectivity index (χ2v) is 4.82. The Morgan fingerprint density at radius 2 is 1.95 bits per heavy atom. The second kappa shape index (κ2) is 5.40. The van der Waals surface area contributed by atoms with Gasteiger partial charge in [-0.3, -0.25) is 0 Å². The zero-order valence-corrected chi connectivity index (χ0v) is 10.8. The Balaban J connectivity index is 1.75. The third kappa shape index (κ3) is 2.46. The molecular weight excluding hydrogens is 240 g/mol. The maximum absolute atomic E-state index is 12.5. The van der Waals surface area contributed by atoms with Gasteiger partial charge in [0.15, 0.2) is 0 Å². The van der Waals surface area contributed by atoms with Crippen molar-refractivity contribution in [3.63, 3.8) is 0 Å². The maximum Gasteiger partial charge on any atom is 0.341 e. The number of hydrogen-bond acceptors (Lipinski definition) is 3. The molecule has 100 valence electrons. The number of carbonyl (C=O) groups is 1. The number of benzene rings is 1. The zero-order valence-electron chi connectivity index (χ0n) is 10.8. The van der Waals surface area contributed by atoms with Crippen LogP contribution in [0.25, 0.3) is 0 Å². The summed E-state index contributed by atoms with van der Waals surface area (Å²) in [5, 5.41) is 9.14. The number of urea groups is 1. The predicted octanol–water partition coefficient (Wildman–Crippen LogP) is 1.44. The largest absolute Gasteiger partial charge is 0.341 e. The molecule has 0 spiro atoms. The summed E-state index contributed by atoms with van der Waals surface area (Å²) in [6.07, 6.45) is 2.62. The van der Waals surface area contributed by atoms with E-state index in [4.69, 9.17) is 0 Å². The first-order valence-corrected chi connectivity index (χ1v) is 6.72. The van der Waals surface area contributed by atoms with Crippen molar-refractivity contribution < 1.29 is 4.79 Å². The van der Waals surface area contributed by atoms with Crippen LogP contribution in [-0.4, -0.2) is 48.3 Å². The normalized spacial score (nSPS) is 22.8. The Labute approximate surface area is 112 Å². The lowest BCUT2D eigenvalue weighted by atomic mass is 10.1. The number of hydrogen-bond donors (Lipinski definition) is 1. The standard InChI is InChI=1S/C14H18N4O/c19-14(17-10-8-15-9-11-17)18-13(6-7-16-18)12-4-2-1-3-5-12/h1-5,7,13,15H,6,8-11H2/t13-/m0/s1. The van der Waals surface area contributed by atoms with Crippen LogP contribution >= 0.6 is 0 Å². The molecule has 0 unspecified atom stereocenters. The van der Waals surface area contributed by atoms with Crippen LogP contribution in [0.4, 0.5) is 4.79 Å². The Hall–Kier alpha value is -1.88. The van der Waals surface area contributed by atoms with Gasteiger partial charge in [0.2, 0.25) is 0 Å². The number of piperazine rings is 1. The van der Waals surface area contributed by atoms with Gasteiger partial charge in [0.05, 0.1) is 6.04 Å². The number of rotatable bonds is 1. The zero-order chi connectivity index (χ0) is 13.1. The molecule has 2 aliphatic heterocycles. The van der Waals surface area contributed by atoms with E-state index in [0.29, 0.717) is 0 Å². The lowest BCUT2D eigenvalue weighted by molar-refractivity contribution is 0.136. The average Bonchev–Trinajstić information content (AvgIpc) is 2.98. The second-order valence-electron chi connectivity index (χ2n) is 4.82. The quantitative estimate of drug-likeness (QED) is 0.828. The van der Waals surface area contributed by atoms with E-state index in [-0.39, 0.29) is 12.1 Å². The molecule has 5 nitrogen and oxygen atoms in total. The molecule has 1 fully saturated rings. The highest BCUT2D eigenvalue weighted by Crippen LogP contribution is 2.28. The molecule has 5 heteroatoms. The summed E-state index contributed by atoms with van der Waals surface area (Å²) >= 11 is 0. The van der Waals surface area contributed by atoms with Crippen LogP contribution in [0, 0.1) is 0 Å². The van der Waals surface area contributed by atoms with Crippen LogP contribution < -0.4 is 5.32 Å². The van der Waals surface area contributed by atoms with Gasteiger partial charge in [0.25, 0.3) is 0 Å². The van der Waals surface area contributed by atoms with Crippen LogP contribution in [0.2, 0.25) is 0 Å². The number of amides is 2. The molecule has 1 aromatic carbocycles. The lowest BCUT2D eigenvalue weighted by Crippen LogP contribution is -2.50. The lowest BCUT2D eigenvalue weighted by Gasteiger charge is -2.32. The summed E-state index contributed by atoms with van der Waals surface area (Å²) in [6.45, 7) is 3.23. The molecule has 0 bridgehead atoms. The van der Waals surface area contributed by atoms with Crippen molar-refractivity contribution in [2.75, 3.05) is 26.2 Å². The number of carbonyl (C=O) groups excluding carboxylic acids is 1. The highest BCUT2D eigenvalue weighted by molar-refractivity contribution is 5.78. The van der Waals surface area contributed by atoms with Gasteiger partial charge in [-0.2, -0.15) is 5.10 Å². The molecule has 0 aliphatic carbocycles. The van der Waals surface area contributed by atoms with Crippen LogP contribution in [0.3, 0.4) is 0 Å². The van der Waals surface area contributed by atoms with Gasteiger partial charge < -0.3 is 10.2 Å². The van der Waals surface area contributed by atoms with Crippen molar-refractivity contribution in [2.45, 2.75) is 12.5 Å². The first-order valence-electron chi connectivity index (χ1n) is 6.72. The summed E-state index contributed by atoms with van der Waals surface area (Å²) in [4.78, 5) is 14.4. The first-order chi connectivity index (χ1) is 9.36. The van der Waals surface area contributed by atoms with E-state index in [1.807, 2.05) is 29.3 Å². The Morgan fingerprint density at radius 1 is 1.21 bits per heavy atom. The fraction of sp³-hybridized carbons (Fsp3) is 0.429. The van der Waals surface area contributed by atoms with Gasteiger partial charge in [0, 0.05) is 38.8 Å². The first kappa shape index (κ1) is 12.2. The van der Waals surface area contributed by atoms with E-state index < -0.39 is 0 Å². The molecule has 0 radical (unpaired) electrons. The van der Waals surface area contributed by atoms with Gasteiger partial charge in [-0.1, -0.05) is 30.3 Å². The minimum Gasteiger partial charge on any atom is -0.321 e. The van der Waals surface area contributed by atoms with E-state index in [2.05, 4.69) is 22.6 Å². The fourth-order valence-corrected chi connectivity index (χ4v) is 2.55. The molecular formula is C14H18N4O. The van der Waals surface area contributed by atoms with Crippen LogP contribution in [-0.2, 0) is 0 Å². The minimum absolute atomic E-state index is 0.0177. The molecule has 1 N–H and O–H groups in total. The summed E-state index contributed by atoms with van der Waals surface area (Å²) in [5.74, 6) is 0. The highest BCUT2D eigenvalue weighted by atomic mass is 16.2. The summed E-state index contributed by atoms with van der Waals surface area (Å²) < 4.78 is 0. The van der Waals surface area contributed by atoms with E-state index in [1.54, 1.807) is 5.01 Å². The highest BCUT2D eigenvalue weighted by Gasteiger charge is 2.31. The van der Waals surface area contributed by atoms with Gasteiger partial charge >= 0.3 is 6.03 Å². The van der Waals surface area contributed by atoms with Crippen molar-refractivity contribution in [3.8, 4) is 0 Å². The third-order valence-corrected chi connectivity index (χ3v) is 3.60. The fourth-order valence-electron chi connectivity index (χ4n) is 2.55. The monoisotopic (exact) mass is 258 g/mol. The van der Waals surface area contributed by atoms with Crippen molar-refractivity contribution in [3.05, 3.63) is 35.9 Å². The van der Waals surface area contributed by atoms with E-state index in [9.17, 15) is 4.79 Å². The molecule has 2 aliphatic rings. The van der Waals surface area contributed by atoms with Gasteiger partial charge in [-0.05, 0) is 5.56 Å². The summed E-state index contributed by atoms with van der Waals surface area (Å²) in [5.41, 5.74) is 1.14. The number of nitrogens with one attached hydrogen (secondary N) is 1. The Morgan fingerprint density at radius 3 is 2.68 bits per heavy atom. The van der Waals surface area contributed by atoms with Crippen molar-refractivity contribution in [2.24, 2.45) is 5.10 Å². The molecule has 2 heterocycles. The average molecular weight is 258 g/mol. The molecule has 1 saturated heterocycles. The van der Waals surface area contributed by atoms with Crippen LogP contribution in [0.5, 0.6) is 0 Å². The smallest absolute Gasteiger partial charge is 0.321 e. The van der Waals surface area contributed by atoms with Crippen molar-refractivity contribution in [1.29, 1.82) is 0 Å².